The molecule has 0 aliphatic carbocycles. The molecule has 9 nitrogen and oxygen atoms in total. The van der Waals surface area contributed by atoms with Crippen LogP contribution >= 0.6 is 11.6 Å². The predicted molar refractivity (Wildman–Crippen MR) is 115 cm³/mol. The fourth-order valence-electron chi connectivity index (χ4n) is 2.47. The van der Waals surface area contributed by atoms with Crippen molar-refractivity contribution in [2.24, 2.45) is 0 Å². The molecular weight excluding hydrogens is 502 g/mol. The van der Waals surface area contributed by atoms with Gasteiger partial charge in [-0.3, -0.25) is 9.59 Å². The molecule has 0 atom stereocenters. The van der Waals surface area contributed by atoms with E-state index in [1.165, 1.54) is 23.6 Å². The Morgan fingerprint density at radius 2 is 1.97 bits per heavy atom. The molecule has 0 saturated carbocycles. The Bertz CT molecular complexity index is 1130. The molecular formula is C21H18ClF4N3O6. The van der Waals surface area contributed by atoms with E-state index in [1.54, 1.807) is 6.92 Å². The van der Waals surface area contributed by atoms with Crippen LogP contribution in [0.5, 0.6) is 17.4 Å². The maximum Gasteiger partial charge on any atom is 0.431 e. The highest BCUT2D eigenvalue weighted by molar-refractivity contribution is 6.32. The third-order valence-electron chi connectivity index (χ3n) is 4.07. The lowest BCUT2D eigenvalue weighted by Gasteiger charge is -2.19. The van der Waals surface area contributed by atoms with E-state index in [1.807, 2.05) is 0 Å². The molecule has 0 unspecified atom stereocenters. The number of hydrogen-bond acceptors (Lipinski definition) is 7. The van der Waals surface area contributed by atoms with Crippen molar-refractivity contribution >= 4 is 35.6 Å². The number of allylic oxidation sites excluding steroid dienone is 1. The monoisotopic (exact) mass is 519 g/mol. The average molecular weight is 520 g/mol. The first-order chi connectivity index (χ1) is 16.5. The zero-order chi connectivity index (χ0) is 26.2. The van der Waals surface area contributed by atoms with Gasteiger partial charge in [0.05, 0.1) is 17.3 Å². The Hall–Kier alpha value is -3.87. The summed E-state index contributed by atoms with van der Waals surface area (Å²) in [5, 5.41) is 1.13. The van der Waals surface area contributed by atoms with Gasteiger partial charge < -0.3 is 24.4 Å². The zero-order valence-electron chi connectivity index (χ0n) is 18.2. The van der Waals surface area contributed by atoms with Crippen LogP contribution in [0.15, 0.2) is 42.2 Å². The predicted octanol–water partition coefficient (Wildman–Crippen LogP) is 3.76. The molecule has 0 aliphatic rings. The summed E-state index contributed by atoms with van der Waals surface area (Å²) in [6.07, 6.45) is -3.86. The summed E-state index contributed by atoms with van der Waals surface area (Å²) in [4.78, 5) is 38.8. The van der Waals surface area contributed by atoms with Crippen molar-refractivity contribution in [1.29, 1.82) is 0 Å². The van der Waals surface area contributed by atoms with Crippen LogP contribution < -0.4 is 19.7 Å². The topological polar surface area (TPSA) is 107 Å². The number of halogens is 5. The lowest BCUT2D eigenvalue weighted by atomic mass is 10.2. The second kappa shape index (κ2) is 12.0. The number of aromatic nitrogens is 1. The molecule has 35 heavy (non-hydrogen) atoms. The highest BCUT2D eigenvalue weighted by atomic mass is 35.5. The molecule has 0 aliphatic heterocycles. The lowest BCUT2D eigenvalue weighted by Crippen LogP contribution is -2.31. The van der Waals surface area contributed by atoms with Gasteiger partial charge in [-0.15, -0.1) is 0 Å². The van der Waals surface area contributed by atoms with Crippen LogP contribution in [0.25, 0.3) is 0 Å². The van der Waals surface area contributed by atoms with E-state index in [0.29, 0.717) is 4.90 Å². The lowest BCUT2D eigenvalue weighted by molar-refractivity contribution is -0.145. The molecule has 1 aromatic heterocycles. The molecule has 1 N–H and O–H groups in total. The third-order valence-corrected chi connectivity index (χ3v) is 4.36. The molecule has 1 heterocycles. The van der Waals surface area contributed by atoms with Crippen molar-refractivity contribution in [3.05, 3.63) is 53.1 Å². The highest BCUT2D eigenvalue weighted by Crippen LogP contribution is 2.37. The van der Waals surface area contributed by atoms with Crippen LogP contribution in [0.4, 0.5) is 23.2 Å². The number of alkyl halides is 3. The summed E-state index contributed by atoms with van der Waals surface area (Å²) in [7, 11) is 1.00. The Morgan fingerprint density at radius 1 is 1.26 bits per heavy atom. The maximum atomic E-state index is 14.5. The van der Waals surface area contributed by atoms with Gasteiger partial charge in [0.25, 0.3) is 11.8 Å². The number of rotatable bonds is 10. The summed E-state index contributed by atoms with van der Waals surface area (Å²) in [6.45, 7) is 1.27. The molecule has 0 saturated heterocycles. The van der Waals surface area contributed by atoms with Gasteiger partial charge >= 0.3 is 12.1 Å². The van der Waals surface area contributed by atoms with Crippen molar-refractivity contribution in [2.75, 3.05) is 25.2 Å². The first-order valence-electron chi connectivity index (χ1n) is 9.65. The second-order valence-corrected chi connectivity index (χ2v) is 6.86. The molecule has 188 valence electrons. The van der Waals surface area contributed by atoms with Gasteiger partial charge in [0, 0.05) is 25.4 Å². The van der Waals surface area contributed by atoms with Crippen LogP contribution in [0.3, 0.4) is 0 Å². The molecule has 2 aromatic rings. The van der Waals surface area contributed by atoms with Gasteiger partial charge in [-0.05, 0) is 25.1 Å². The van der Waals surface area contributed by atoms with E-state index in [-0.39, 0.29) is 41.5 Å². The van der Waals surface area contributed by atoms with E-state index < -0.39 is 41.9 Å². The number of nitrogens with one attached hydrogen (secondary N) is 1. The van der Waals surface area contributed by atoms with Crippen LogP contribution in [-0.2, 0) is 19.1 Å². The normalized spacial score (nSPS) is 11.5. The largest absolute Gasteiger partial charge is 0.463 e. The van der Waals surface area contributed by atoms with E-state index >= 15 is 0 Å². The number of anilines is 1. The molecule has 0 spiro atoms. The first kappa shape index (κ1) is 27.4. The quantitative estimate of drug-likeness (QED) is 0.220. The number of hydrogen-bond donors (Lipinski definition) is 1. The maximum absolute atomic E-state index is 14.5. The van der Waals surface area contributed by atoms with Gasteiger partial charge in [-0.25, -0.2) is 14.2 Å². The summed E-state index contributed by atoms with van der Waals surface area (Å²) >= 11 is 6.03. The number of carbonyl (C=O) groups is 3. The standard InChI is InChI=1S/C21H18ClF4N3O6/c1-3-33-19(32)10-34-20-15(5-4-6-27-20)35-16-8-14(13(23)7-12(16)22)29(2)18(31)9-17(28-11-30)21(24,25)26/h4-9,11H,3,10H2,1-2H3,(H,28,30)/b17-9-. The van der Waals surface area contributed by atoms with E-state index in [9.17, 15) is 31.9 Å². The highest BCUT2D eigenvalue weighted by Gasteiger charge is 2.35. The van der Waals surface area contributed by atoms with Gasteiger partial charge in [-0.1, -0.05) is 11.6 Å². The Labute approximate surface area is 201 Å². The summed E-state index contributed by atoms with van der Waals surface area (Å²) in [5.41, 5.74) is -2.13. The van der Waals surface area contributed by atoms with Crippen LogP contribution in [0.2, 0.25) is 5.02 Å². The number of benzene rings is 1. The number of ether oxygens (including phenoxy) is 3. The molecule has 0 bridgehead atoms. The van der Waals surface area contributed by atoms with Crippen molar-refractivity contribution < 1.29 is 46.2 Å². The zero-order valence-corrected chi connectivity index (χ0v) is 18.9. The number of likely N-dealkylation sites (N-methyl/N-ethyl adjacent to an activating group) is 1. The number of pyridine rings is 1. The fourth-order valence-corrected chi connectivity index (χ4v) is 2.66. The molecule has 0 fully saturated rings. The van der Waals surface area contributed by atoms with Crippen molar-refractivity contribution in [3.8, 4) is 17.4 Å². The first-order valence-corrected chi connectivity index (χ1v) is 10.0. The third kappa shape index (κ3) is 7.57. The minimum Gasteiger partial charge on any atom is -0.463 e. The van der Waals surface area contributed by atoms with Crippen molar-refractivity contribution in [3.63, 3.8) is 0 Å². The Morgan fingerprint density at radius 3 is 2.60 bits per heavy atom. The minimum absolute atomic E-state index is 0.0420. The Balaban J connectivity index is 2.34. The van der Waals surface area contributed by atoms with Crippen molar-refractivity contribution in [2.45, 2.75) is 13.1 Å². The summed E-state index contributed by atoms with van der Waals surface area (Å²) < 4.78 is 69.0. The van der Waals surface area contributed by atoms with Crippen LogP contribution in [0.1, 0.15) is 6.92 Å². The van der Waals surface area contributed by atoms with E-state index in [4.69, 9.17) is 25.8 Å². The van der Waals surface area contributed by atoms with Gasteiger partial charge in [0.2, 0.25) is 6.41 Å². The minimum atomic E-state index is -5.04. The fraction of sp³-hybridized carbons (Fsp3) is 0.238. The smallest absolute Gasteiger partial charge is 0.431 e. The van der Waals surface area contributed by atoms with E-state index in [0.717, 1.165) is 19.2 Å². The Kier molecular flexibility index (Phi) is 9.40. The SMILES string of the molecule is CCOC(=O)COc1ncccc1Oc1cc(N(C)C(=O)/C=C(\NC=O)C(F)(F)F)c(F)cc1Cl. The second-order valence-electron chi connectivity index (χ2n) is 6.45. The molecule has 2 amide bonds. The van der Waals surface area contributed by atoms with Crippen LogP contribution in [-0.4, -0.2) is 49.7 Å². The average Bonchev–Trinajstić information content (AvgIpc) is 2.79. The number of carbonyl (C=O) groups excluding carboxylic acids is 3. The number of esters is 1. The summed E-state index contributed by atoms with van der Waals surface area (Å²) in [6, 6.07) is 4.60. The van der Waals surface area contributed by atoms with Gasteiger partial charge in [0.1, 0.15) is 17.3 Å². The van der Waals surface area contributed by atoms with Crippen molar-refractivity contribution in [1.82, 2.24) is 10.3 Å². The summed E-state index contributed by atoms with van der Waals surface area (Å²) in [5.74, 6) is -3.40. The molecule has 14 heteroatoms. The number of nitrogens with zero attached hydrogens (tertiary/aromatic N) is 2. The molecule has 1 aromatic carbocycles. The van der Waals surface area contributed by atoms with Gasteiger partial charge in [-0.2, -0.15) is 13.2 Å². The number of amides is 2. The van der Waals surface area contributed by atoms with E-state index in [2.05, 4.69) is 4.98 Å². The molecule has 2 rings (SSSR count). The van der Waals surface area contributed by atoms with Crippen LogP contribution in [0, 0.1) is 5.82 Å². The van der Waals surface area contributed by atoms with Gasteiger partial charge in [0.15, 0.2) is 12.4 Å². The molecule has 0 radical (unpaired) electrons.